The predicted octanol–water partition coefficient (Wildman–Crippen LogP) is 2.77. The Morgan fingerprint density at radius 1 is 1.17 bits per heavy atom. The van der Waals surface area contributed by atoms with Crippen LogP contribution in [0.15, 0.2) is 18.2 Å². The molecule has 0 spiro atoms. The molecule has 0 aliphatic rings. The molecule has 1 aromatic carbocycles. The van der Waals surface area contributed by atoms with Crippen LogP contribution in [0.4, 0.5) is 4.39 Å². The van der Waals surface area contributed by atoms with Crippen LogP contribution in [0.3, 0.4) is 0 Å². The number of aromatic nitrogens is 3. The van der Waals surface area contributed by atoms with E-state index < -0.39 is 5.82 Å². The third-order valence-electron chi connectivity index (χ3n) is 2.11. The number of hydrogen-bond acceptors (Lipinski definition) is 5. The Labute approximate surface area is 108 Å². The summed E-state index contributed by atoms with van der Waals surface area (Å²) in [4.78, 5) is 11.2. The summed E-state index contributed by atoms with van der Waals surface area (Å²) in [6.45, 7) is 1.63. The third-order valence-corrected chi connectivity index (χ3v) is 2.28. The van der Waals surface area contributed by atoms with E-state index in [4.69, 9.17) is 21.1 Å². The molecule has 5 nitrogen and oxygen atoms in total. The van der Waals surface area contributed by atoms with Crippen LogP contribution < -0.4 is 9.47 Å². The van der Waals surface area contributed by atoms with Gasteiger partial charge in [-0.2, -0.15) is 9.97 Å². The van der Waals surface area contributed by atoms with Crippen molar-refractivity contribution in [3.63, 3.8) is 0 Å². The number of hydrogen-bond donors (Lipinski definition) is 0. The van der Waals surface area contributed by atoms with Gasteiger partial charge in [0.05, 0.1) is 7.11 Å². The molecule has 0 unspecified atom stereocenters. The van der Waals surface area contributed by atoms with Crippen LogP contribution >= 0.6 is 11.6 Å². The van der Waals surface area contributed by atoms with E-state index in [1.165, 1.54) is 13.2 Å². The zero-order valence-corrected chi connectivity index (χ0v) is 10.4. The molecule has 2 aromatic rings. The summed E-state index contributed by atoms with van der Waals surface area (Å²) in [5, 5.41) is -0.0927. The molecule has 0 saturated heterocycles. The minimum Gasteiger partial charge on any atom is -0.467 e. The Kier molecular flexibility index (Phi) is 3.57. The van der Waals surface area contributed by atoms with Crippen molar-refractivity contribution < 1.29 is 13.9 Å². The standard InChI is InChI=1S/C11H9ClFN3O2/c1-6-4-3-5-7(8(6)13)18-11-15-9(12)14-10(16-11)17-2/h3-5H,1-2H3. The van der Waals surface area contributed by atoms with E-state index in [0.717, 1.165) is 0 Å². The highest BCUT2D eigenvalue weighted by Crippen LogP contribution is 2.25. The first-order valence-corrected chi connectivity index (χ1v) is 5.36. The molecule has 0 aliphatic heterocycles. The maximum absolute atomic E-state index is 13.7. The number of aryl methyl sites for hydroxylation is 1. The molecule has 0 aliphatic carbocycles. The molecule has 1 heterocycles. The van der Waals surface area contributed by atoms with Crippen molar-refractivity contribution in [1.29, 1.82) is 0 Å². The first kappa shape index (κ1) is 12.5. The fourth-order valence-electron chi connectivity index (χ4n) is 1.25. The third kappa shape index (κ3) is 2.65. The molecule has 1 aromatic heterocycles. The number of nitrogens with zero attached hydrogens (tertiary/aromatic N) is 3. The highest BCUT2D eigenvalue weighted by atomic mass is 35.5. The second-order valence-electron chi connectivity index (χ2n) is 3.36. The fraction of sp³-hybridized carbons (Fsp3) is 0.182. The molecule has 7 heteroatoms. The van der Waals surface area contributed by atoms with Crippen molar-refractivity contribution in [3.05, 3.63) is 34.9 Å². The van der Waals surface area contributed by atoms with E-state index in [1.54, 1.807) is 19.1 Å². The Balaban J connectivity index is 2.34. The lowest BCUT2D eigenvalue weighted by Crippen LogP contribution is -2.00. The molecule has 94 valence electrons. The van der Waals surface area contributed by atoms with Gasteiger partial charge in [-0.15, -0.1) is 4.98 Å². The van der Waals surface area contributed by atoms with Crippen LogP contribution in [0.5, 0.6) is 17.8 Å². The van der Waals surface area contributed by atoms with Crippen LogP contribution in [-0.2, 0) is 0 Å². The van der Waals surface area contributed by atoms with E-state index >= 15 is 0 Å². The quantitative estimate of drug-likeness (QED) is 0.857. The van der Waals surface area contributed by atoms with Crippen molar-refractivity contribution in [3.8, 4) is 17.8 Å². The smallest absolute Gasteiger partial charge is 0.329 e. The Hall–Kier alpha value is -1.95. The normalized spacial score (nSPS) is 10.2. The van der Waals surface area contributed by atoms with Crippen molar-refractivity contribution in [1.82, 2.24) is 15.0 Å². The zero-order chi connectivity index (χ0) is 13.1. The van der Waals surface area contributed by atoms with Crippen LogP contribution in [0.25, 0.3) is 0 Å². The van der Waals surface area contributed by atoms with Crippen molar-refractivity contribution in [2.45, 2.75) is 6.92 Å². The average molecular weight is 270 g/mol. The topological polar surface area (TPSA) is 57.1 Å². The van der Waals surface area contributed by atoms with E-state index in [2.05, 4.69) is 15.0 Å². The molecular weight excluding hydrogens is 261 g/mol. The minimum absolute atomic E-state index is 0.00180. The first-order chi connectivity index (χ1) is 8.60. The summed E-state index contributed by atoms with van der Waals surface area (Å²) in [5.41, 5.74) is 0.458. The molecule has 0 amide bonds. The molecule has 0 bridgehead atoms. The number of halogens is 2. The van der Waals surface area contributed by atoms with Crippen LogP contribution in [0.1, 0.15) is 5.56 Å². The summed E-state index contributed by atoms with van der Waals surface area (Å²) < 4.78 is 23.7. The number of rotatable bonds is 3. The van der Waals surface area contributed by atoms with Crippen LogP contribution in [0, 0.1) is 12.7 Å². The molecule has 2 rings (SSSR count). The maximum atomic E-state index is 13.7. The van der Waals surface area contributed by atoms with Gasteiger partial charge < -0.3 is 9.47 Å². The van der Waals surface area contributed by atoms with Gasteiger partial charge in [0.1, 0.15) is 0 Å². The van der Waals surface area contributed by atoms with Crippen molar-refractivity contribution in [2.24, 2.45) is 0 Å². The molecule has 0 atom stereocenters. The lowest BCUT2D eigenvalue weighted by atomic mass is 10.2. The van der Waals surface area contributed by atoms with Gasteiger partial charge in [-0.25, -0.2) is 4.39 Å². The Morgan fingerprint density at radius 3 is 2.61 bits per heavy atom. The largest absolute Gasteiger partial charge is 0.467 e. The average Bonchev–Trinajstić information content (AvgIpc) is 2.34. The predicted molar refractivity (Wildman–Crippen MR) is 62.6 cm³/mol. The van der Waals surface area contributed by atoms with Gasteiger partial charge in [-0.3, -0.25) is 0 Å². The number of methoxy groups -OCH3 is 1. The second-order valence-corrected chi connectivity index (χ2v) is 3.70. The molecular formula is C11H9ClFN3O2. The summed E-state index contributed by atoms with van der Waals surface area (Å²) in [6.07, 6.45) is 0. The highest BCUT2D eigenvalue weighted by molar-refractivity contribution is 6.28. The first-order valence-electron chi connectivity index (χ1n) is 4.98. The van der Waals surface area contributed by atoms with Gasteiger partial charge in [0.25, 0.3) is 0 Å². The van der Waals surface area contributed by atoms with E-state index in [1.807, 2.05) is 0 Å². The number of benzene rings is 1. The highest BCUT2D eigenvalue weighted by Gasteiger charge is 2.11. The zero-order valence-electron chi connectivity index (χ0n) is 9.65. The van der Waals surface area contributed by atoms with E-state index in [-0.39, 0.29) is 23.1 Å². The Bertz CT molecular complexity index is 580. The summed E-state index contributed by atoms with van der Waals surface area (Å²) in [6, 6.07) is 4.62. The van der Waals surface area contributed by atoms with Crippen LogP contribution in [0.2, 0.25) is 5.28 Å². The van der Waals surface area contributed by atoms with Crippen molar-refractivity contribution >= 4 is 11.6 Å². The Morgan fingerprint density at radius 2 is 1.89 bits per heavy atom. The van der Waals surface area contributed by atoms with Gasteiger partial charge in [-0.05, 0) is 30.2 Å². The summed E-state index contributed by atoms with van der Waals surface area (Å²) in [5.74, 6) is -0.465. The molecule has 18 heavy (non-hydrogen) atoms. The molecule has 0 radical (unpaired) electrons. The van der Waals surface area contributed by atoms with Crippen molar-refractivity contribution in [2.75, 3.05) is 7.11 Å². The van der Waals surface area contributed by atoms with Gasteiger partial charge in [0.15, 0.2) is 11.6 Å². The van der Waals surface area contributed by atoms with E-state index in [9.17, 15) is 4.39 Å². The summed E-state index contributed by atoms with van der Waals surface area (Å²) in [7, 11) is 1.38. The van der Waals surface area contributed by atoms with Gasteiger partial charge >= 0.3 is 12.0 Å². The number of ether oxygens (including phenoxy) is 2. The SMILES string of the molecule is COc1nc(Cl)nc(Oc2cccc(C)c2F)n1. The minimum atomic E-state index is -0.479. The fourth-order valence-corrected chi connectivity index (χ4v) is 1.39. The van der Waals surface area contributed by atoms with Crippen LogP contribution in [-0.4, -0.2) is 22.1 Å². The lowest BCUT2D eigenvalue weighted by molar-refractivity contribution is 0.353. The second kappa shape index (κ2) is 5.14. The molecule has 0 saturated carbocycles. The maximum Gasteiger partial charge on any atom is 0.329 e. The lowest BCUT2D eigenvalue weighted by Gasteiger charge is -2.07. The van der Waals surface area contributed by atoms with Gasteiger partial charge in [0.2, 0.25) is 5.28 Å². The van der Waals surface area contributed by atoms with Gasteiger partial charge in [-0.1, -0.05) is 12.1 Å². The summed E-state index contributed by atoms with van der Waals surface area (Å²) >= 11 is 5.65. The molecule has 0 N–H and O–H groups in total. The molecule has 0 fully saturated rings. The monoisotopic (exact) mass is 269 g/mol. The van der Waals surface area contributed by atoms with Gasteiger partial charge in [0, 0.05) is 0 Å². The van der Waals surface area contributed by atoms with E-state index in [0.29, 0.717) is 5.56 Å².